The molecular weight excluding hydrogens is 222 g/mol. The average molecular weight is 229 g/mol. The van der Waals surface area contributed by atoms with Crippen molar-refractivity contribution in [1.29, 1.82) is 10.5 Å². The third-order valence-electron chi connectivity index (χ3n) is 1.89. The molecule has 0 spiro atoms. The highest BCUT2D eigenvalue weighted by molar-refractivity contribution is 6.37. The number of hydrogen-bond acceptors (Lipinski definition) is 5. The molecule has 1 amide bonds. The summed E-state index contributed by atoms with van der Waals surface area (Å²) in [6.45, 7) is 0. The molecule has 1 N–H and O–H groups in total. The number of carbonyl (C=O) groups is 2. The molecule has 0 saturated heterocycles. The van der Waals surface area contributed by atoms with E-state index in [1.807, 2.05) is 12.1 Å². The Morgan fingerprint density at radius 3 is 2.41 bits per heavy atom. The van der Waals surface area contributed by atoms with Crippen LogP contribution in [0.15, 0.2) is 18.2 Å². The number of carbonyl (C=O) groups excluding carboxylic acids is 2. The number of anilines is 1. The van der Waals surface area contributed by atoms with Gasteiger partial charge in [-0.2, -0.15) is 10.5 Å². The average Bonchev–Trinajstić information content (AvgIpc) is 2.37. The van der Waals surface area contributed by atoms with Gasteiger partial charge in [0, 0.05) is 5.69 Å². The minimum atomic E-state index is -1.03. The van der Waals surface area contributed by atoms with Gasteiger partial charge in [0.15, 0.2) is 0 Å². The third kappa shape index (κ3) is 2.80. The number of nitriles is 2. The van der Waals surface area contributed by atoms with Crippen LogP contribution in [0.1, 0.15) is 11.1 Å². The van der Waals surface area contributed by atoms with Crippen LogP contribution in [-0.4, -0.2) is 19.0 Å². The van der Waals surface area contributed by atoms with E-state index in [1.54, 1.807) is 0 Å². The summed E-state index contributed by atoms with van der Waals surface area (Å²) in [7, 11) is 1.08. The molecule has 1 aromatic carbocycles. The third-order valence-corrected chi connectivity index (χ3v) is 1.89. The number of nitrogens with zero attached hydrogens (tertiary/aromatic N) is 2. The Hall–Kier alpha value is -2.86. The van der Waals surface area contributed by atoms with Gasteiger partial charge in [0.2, 0.25) is 0 Å². The molecule has 17 heavy (non-hydrogen) atoms. The molecule has 0 saturated carbocycles. The van der Waals surface area contributed by atoms with Crippen molar-refractivity contribution in [3.05, 3.63) is 29.3 Å². The fourth-order valence-electron chi connectivity index (χ4n) is 1.09. The number of nitrogens with one attached hydrogen (secondary N) is 1. The van der Waals surface area contributed by atoms with Crippen molar-refractivity contribution in [2.75, 3.05) is 12.4 Å². The fraction of sp³-hybridized carbons (Fsp3) is 0.0909. The van der Waals surface area contributed by atoms with Crippen LogP contribution in [0, 0.1) is 22.7 Å². The van der Waals surface area contributed by atoms with Crippen LogP contribution in [0.25, 0.3) is 0 Å². The zero-order valence-electron chi connectivity index (χ0n) is 8.85. The Kier molecular flexibility index (Phi) is 3.80. The first-order valence-corrected chi connectivity index (χ1v) is 4.46. The van der Waals surface area contributed by atoms with Gasteiger partial charge in [0.1, 0.15) is 12.1 Å². The lowest BCUT2D eigenvalue weighted by Crippen LogP contribution is -2.23. The van der Waals surface area contributed by atoms with Crippen LogP contribution in [0.3, 0.4) is 0 Å². The Balaban J connectivity index is 2.96. The Morgan fingerprint density at radius 1 is 1.24 bits per heavy atom. The second kappa shape index (κ2) is 5.29. The predicted octanol–water partition coefficient (Wildman–Crippen LogP) is 0.541. The summed E-state index contributed by atoms with van der Waals surface area (Å²) in [5.41, 5.74) is 0.565. The Bertz CT molecular complexity index is 552. The number of methoxy groups -OCH3 is 1. The summed E-state index contributed by atoms with van der Waals surface area (Å²) in [5.74, 6) is -1.98. The van der Waals surface area contributed by atoms with E-state index >= 15 is 0 Å². The number of rotatable bonds is 1. The molecule has 0 aliphatic heterocycles. The van der Waals surface area contributed by atoms with Gasteiger partial charge in [0.25, 0.3) is 0 Å². The van der Waals surface area contributed by atoms with E-state index in [9.17, 15) is 9.59 Å². The number of amides is 1. The van der Waals surface area contributed by atoms with E-state index in [1.165, 1.54) is 18.2 Å². The van der Waals surface area contributed by atoms with Crippen molar-refractivity contribution in [3.63, 3.8) is 0 Å². The fourth-order valence-corrected chi connectivity index (χ4v) is 1.09. The van der Waals surface area contributed by atoms with E-state index in [-0.39, 0.29) is 16.8 Å². The van der Waals surface area contributed by atoms with Crippen molar-refractivity contribution >= 4 is 17.6 Å². The van der Waals surface area contributed by atoms with Gasteiger partial charge in [-0.1, -0.05) is 0 Å². The Morgan fingerprint density at radius 2 is 1.88 bits per heavy atom. The molecule has 1 aromatic rings. The molecule has 0 atom stereocenters. The molecule has 0 aromatic heterocycles. The summed E-state index contributed by atoms with van der Waals surface area (Å²) in [6.07, 6.45) is 0. The number of ether oxygens (including phenoxy) is 1. The minimum absolute atomic E-state index is 0.121. The summed E-state index contributed by atoms with van der Waals surface area (Å²) in [5, 5.41) is 19.7. The summed E-state index contributed by atoms with van der Waals surface area (Å²) in [4.78, 5) is 22.0. The highest BCUT2D eigenvalue weighted by atomic mass is 16.5. The van der Waals surface area contributed by atoms with Crippen LogP contribution in [-0.2, 0) is 14.3 Å². The largest absolute Gasteiger partial charge is 0.462 e. The van der Waals surface area contributed by atoms with Crippen molar-refractivity contribution in [2.45, 2.75) is 0 Å². The maximum Gasteiger partial charge on any atom is 0.396 e. The highest BCUT2D eigenvalue weighted by Crippen LogP contribution is 2.14. The lowest BCUT2D eigenvalue weighted by Gasteiger charge is -2.04. The molecule has 0 radical (unpaired) electrons. The zero-order chi connectivity index (χ0) is 12.8. The topological polar surface area (TPSA) is 103 Å². The molecule has 0 aliphatic rings. The lowest BCUT2D eigenvalue weighted by atomic mass is 10.1. The molecule has 84 valence electrons. The molecule has 0 heterocycles. The highest BCUT2D eigenvalue weighted by Gasteiger charge is 2.14. The van der Waals surface area contributed by atoms with E-state index in [0.717, 1.165) is 7.11 Å². The van der Waals surface area contributed by atoms with Gasteiger partial charge >= 0.3 is 11.9 Å². The van der Waals surface area contributed by atoms with E-state index in [4.69, 9.17) is 10.5 Å². The minimum Gasteiger partial charge on any atom is -0.462 e. The summed E-state index contributed by atoms with van der Waals surface area (Å²) in [6, 6.07) is 7.75. The lowest BCUT2D eigenvalue weighted by molar-refractivity contribution is -0.150. The van der Waals surface area contributed by atoms with Crippen molar-refractivity contribution in [1.82, 2.24) is 0 Å². The smallest absolute Gasteiger partial charge is 0.396 e. The predicted molar refractivity (Wildman–Crippen MR) is 56.5 cm³/mol. The SMILES string of the molecule is COC(=O)C(=O)Nc1ccc(C#N)c(C#N)c1. The van der Waals surface area contributed by atoms with Crippen molar-refractivity contribution in [2.24, 2.45) is 0 Å². The van der Waals surface area contributed by atoms with Gasteiger partial charge in [-0.05, 0) is 18.2 Å². The number of esters is 1. The van der Waals surface area contributed by atoms with Gasteiger partial charge in [-0.25, -0.2) is 4.79 Å². The number of benzene rings is 1. The first kappa shape index (κ1) is 12.2. The maximum absolute atomic E-state index is 11.2. The summed E-state index contributed by atoms with van der Waals surface area (Å²) >= 11 is 0. The van der Waals surface area contributed by atoms with Crippen LogP contribution in [0.2, 0.25) is 0 Å². The molecule has 6 nitrogen and oxygen atoms in total. The van der Waals surface area contributed by atoms with Gasteiger partial charge in [0.05, 0.1) is 18.2 Å². The van der Waals surface area contributed by atoms with Crippen molar-refractivity contribution < 1.29 is 14.3 Å². The standard InChI is InChI=1S/C11H7N3O3/c1-17-11(16)10(15)14-9-3-2-7(5-12)8(4-9)6-13/h2-4H,1H3,(H,14,15). The van der Waals surface area contributed by atoms with E-state index in [0.29, 0.717) is 0 Å². The van der Waals surface area contributed by atoms with Gasteiger partial charge in [-0.15, -0.1) is 0 Å². The van der Waals surface area contributed by atoms with E-state index < -0.39 is 11.9 Å². The van der Waals surface area contributed by atoms with Crippen LogP contribution < -0.4 is 5.32 Å². The molecule has 1 rings (SSSR count). The van der Waals surface area contributed by atoms with Gasteiger partial charge in [-0.3, -0.25) is 4.79 Å². The molecule has 0 unspecified atom stereocenters. The van der Waals surface area contributed by atoms with Crippen molar-refractivity contribution in [3.8, 4) is 12.1 Å². The van der Waals surface area contributed by atoms with E-state index in [2.05, 4.69) is 10.1 Å². The van der Waals surface area contributed by atoms with Crippen LogP contribution in [0.4, 0.5) is 5.69 Å². The summed E-state index contributed by atoms with van der Waals surface area (Å²) < 4.78 is 4.22. The quantitative estimate of drug-likeness (QED) is 0.559. The Labute approximate surface area is 97.0 Å². The normalized spacial score (nSPS) is 8.65. The second-order valence-electron chi connectivity index (χ2n) is 2.93. The molecule has 0 fully saturated rings. The van der Waals surface area contributed by atoms with Gasteiger partial charge < -0.3 is 10.1 Å². The molecular formula is C11H7N3O3. The zero-order valence-corrected chi connectivity index (χ0v) is 8.85. The van der Waals surface area contributed by atoms with Crippen LogP contribution >= 0.6 is 0 Å². The monoisotopic (exact) mass is 229 g/mol. The maximum atomic E-state index is 11.2. The van der Waals surface area contributed by atoms with Crippen LogP contribution in [0.5, 0.6) is 0 Å². The molecule has 0 aliphatic carbocycles. The molecule has 0 bridgehead atoms. The first-order chi connectivity index (χ1) is 8.12. The molecule has 6 heteroatoms. The first-order valence-electron chi connectivity index (χ1n) is 4.46. The number of hydrogen-bond donors (Lipinski definition) is 1. The second-order valence-corrected chi connectivity index (χ2v) is 2.93.